The van der Waals surface area contributed by atoms with Crippen LogP contribution in [0.4, 0.5) is 0 Å². The van der Waals surface area contributed by atoms with Crippen molar-refractivity contribution in [2.45, 2.75) is 19.3 Å². The first-order valence-electron chi connectivity index (χ1n) is 22.5. The molecule has 14 rings (SSSR count). The van der Waals surface area contributed by atoms with Crippen LogP contribution in [-0.4, -0.2) is 13.7 Å². The maximum Gasteiger partial charge on any atom is 0.0782 e. The van der Waals surface area contributed by atoms with Crippen molar-refractivity contribution in [2.24, 2.45) is 0 Å². The maximum atomic E-state index is 2.50. The summed E-state index contributed by atoms with van der Waals surface area (Å²) >= 11 is 1.87. The van der Waals surface area contributed by atoms with E-state index in [-0.39, 0.29) is 5.41 Å². The molecule has 0 radical (unpaired) electrons. The van der Waals surface area contributed by atoms with Gasteiger partial charge in [-0.1, -0.05) is 135 Å². The lowest BCUT2D eigenvalue weighted by molar-refractivity contribution is 0.660. The Hall–Kier alpha value is -7.92. The zero-order valence-electron chi connectivity index (χ0n) is 36.0. The minimum absolute atomic E-state index is 0.115. The number of thiophene rings is 1. The van der Waals surface area contributed by atoms with Crippen LogP contribution >= 0.6 is 11.3 Å². The normalized spacial score (nSPS) is 13.2. The Kier molecular flexibility index (Phi) is 7.62. The highest BCUT2D eigenvalue weighted by Gasteiger charge is 2.35. The van der Waals surface area contributed by atoms with Gasteiger partial charge in [-0.15, -0.1) is 11.3 Å². The Bertz CT molecular complexity index is 4220. The van der Waals surface area contributed by atoms with Gasteiger partial charge in [-0.3, -0.25) is 0 Å². The van der Waals surface area contributed by atoms with Gasteiger partial charge in [0.1, 0.15) is 0 Å². The van der Waals surface area contributed by atoms with Gasteiger partial charge in [-0.2, -0.15) is 0 Å². The standard InChI is InChI=1S/C61H41N3S/c1-61(2)53-23-7-5-20-47(53)48-30-27-45(37-54(48)61)62-41-17-9-15-39(33-41)40-16-10-18-42(34-40)63(44-29-32-59-52(36-44)51-35-43(62)28-31-58(51)65-59)57-26-12-22-50-49-21-6-8-24-56(49)64(60(50)57)55-25-11-14-38-13-3-4-19-46(38)55/h3-37H,1-2H3. The molecule has 0 amide bonds. The number of nitrogens with zero attached hydrogens (tertiary/aromatic N) is 3. The molecule has 0 aliphatic heterocycles. The summed E-state index contributed by atoms with van der Waals surface area (Å²) in [5.74, 6) is 0. The first-order valence-corrected chi connectivity index (χ1v) is 23.3. The molecule has 0 saturated carbocycles. The second-order valence-corrected chi connectivity index (χ2v) is 19.2. The van der Waals surface area contributed by atoms with Gasteiger partial charge < -0.3 is 13.7 Å². The van der Waals surface area contributed by atoms with Gasteiger partial charge in [0.05, 0.1) is 22.4 Å². The van der Waals surface area contributed by atoms with E-state index in [1.165, 1.54) is 80.7 Å². The van der Waals surface area contributed by atoms with Gasteiger partial charge in [-0.05, 0) is 129 Å². The smallest absolute Gasteiger partial charge is 0.0782 e. The minimum atomic E-state index is -0.115. The Balaban J connectivity index is 1.11. The Morgan fingerprint density at radius 2 is 0.923 bits per heavy atom. The minimum Gasteiger partial charge on any atom is -0.310 e. The molecular weight excluding hydrogens is 807 g/mol. The number of para-hydroxylation sites is 2. The van der Waals surface area contributed by atoms with Crippen molar-refractivity contribution in [3.63, 3.8) is 0 Å². The highest BCUT2D eigenvalue weighted by atomic mass is 32.1. The third kappa shape index (κ3) is 5.29. The fourth-order valence-electron chi connectivity index (χ4n) is 11.2. The number of aromatic nitrogens is 3. The van der Waals surface area contributed by atoms with Gasteiger partial charge in [0, 0.05) is 69.5 Å². The Morgan fingerprint density at radius 1 is 0.354 bits per heavy atom. The van der Waals surface area contributed by atoms with Crippen molar-refractivity contribution >= 4 is 96.9 Å². The van der Waals surface area contributed by atoms with Gasteiger partial charge in [0.25, 0.3) is 0 Å². The van der Waals surface area contributed by atoms with E-state index in [0.29, 0.717) is 0 Å². The van der Waals surface area contributed by atoms with Crippen LogP contribution < -0.4 is 0 Å². The molecule has 8 bridgehead atoms. The van der Waals surface area contributed by atoms with Crippen molar-refractivity contribution in [3.8, 4) is 28.2 Å². The van der Waals surface area contributed by atoms with Crippen LogP contribution in [0.2, 0.25) is 0 Å². The molecule has 0 fully saturated rings. The van der Waals surface area contributed by atoms with Crippen LogP contribution in [-0.2, 0) is 5.41 Å². The lowest BCUT2D eigenvalue weighted by Gasteiger charge is -2.22. The summed E-state index contributed by atoms with van der Waals surface area (Å²) in [6.07, 6.45) is 0. The largest absolute Gasteiger partial charge is 0.310 e. The average Bonchev–Trinajstić information content (AvgIpc) is 3.97. The van der Waals surface area contributed by atoms with Crippen LogP contribution in [0.5, 0.6) is 0 Å². The van der Waals surface area contributed by atoms with Gasteiger partial charge in [0.15, 0.2) is 0 Å². The van der Waals surface area contributed by atoms with Crippen LogP contribution in [0, 0.1) is 0 Å². The van der Waals surface area contributed by atoms with E-state index in [2.05, 4.69) is 240 Å². The van der Waals surface area contributed by atoms with Crippen LogP contribution in [0.1, 0.15) is 25.0 Å². The van der Waals surface area contributed by atoms with E-state index >= 15 is 0 Å². The van der Waals surface area contributed by atoms with E-state index in [1.54, 1.807) is 0 Å². The molecule has 4 heteroatoms. The molecule has 65 heavy (non-hydrogen) atoms. The van der Waals surface area contributed by atoms with Crippen LogP contribution in [0.25, 0.3) is 114 Å². The quantitative estimate of drug-likeness (QED) is 0.168. The summed E-state index contributed by atoms with van der Waals surface area (Å²) in [5, 5.41) is 9.73. The van der Waals surface area contributed by atoms with Crippen LogP contribution in [0.15, 0.2) is 212 Å². The van der Waals surface area contributed by atoms with E-state index in [0.717, 1.165) is 44.2 Å². The second-order valence-electron chi connectivity index (χ2n) is 18.2. The van der Waals surface area contributed by atoms with Gasteiger partial charge in [0.2, 0.25) is 0 Å². The molecule has 0 N–H and O–H groups in total. The zero-order chi connectivity index (χ0) is 43.0. The van der Waals surface area contributed by atoms with E-state index < -0.39 is 0 Å². The molecule has 0 atom stereocenters. The SMILES string of the molecule is CC1(C)c2ccccc2-c2ccc(-n3c4cccc(c4)c4cccc(c4)n(-c4cccc5c6ccccc6n(-c6cccc7ccccc67)c45)c4ccc5sc6ccc3cc6c5c4)cc21. The number of benzene rings is 10. The van der Waals surface area contributed by atoms with Crippen molar-refractivity contribution in [3.05, 3.63) is 223 Å². The molecule has 306 valence electrons. The molecule has 1 aliphatic rings. The second kappa shape index (κ2) is 13.5. The number of hydrogen-bond acceptors (Lipinski definition) is 1. The fraction of sp³-hybridized carbons (Fsp3) is 0.0492. The zero-order valence-corrected chi connectivity index (χ0v) is 36.8. The third-order valence-electron chi connectivity index (χ3n) is 14.2. The van der Waals surface area contributed by atoms with Crippen molar-refractivity contribution in [1.82, 2.24) is 13.7 Å². The predicted molar refractivity (Wildman–Crippen MR) is 278 cm³/mol. The fourth-order valence-corrected chi connectivity index (χ4v) is 12.3. The summed E-state index contributed by atoms with van der Waals surface area (Å²) < 4.78 is 10.0. The number of hydrogen-bond donors (Lipinski definition) is 0. The highest BCUT2D eigenvalue weighted by Crippen LogP contribution is 2.49. The molecule has 1 aliphatic carbocycles. The predicted octanol–water partition coefficient (Wildman–Crippen LogP) is 16.8. The van der Waals surface area contributed by atoms with E-state index in [9.17, 15) is 0 Å². The van der Waals surface area contributed by atoms with Gasteiger partial charge >= 0.3 is 0 Å². The summed E-state index contributed by atoms with van der Waals surface area (Å²) in [7, 11) is 0. The lowest BCUT2D eigenvalue weighted by atomic mass is 9.82. The summed E-state index contributed by atoms with van der Waals surface area (Å²) in [4.78, 5) is 0. The monoisotopic (exact) mass is 847 g/mol. The number of rotatable bonds is 3. The van der Waals surface area contributed by atoms with Crippen molar-refractivity contribution in [1.29, 1.82) is 0 Å². The lowest BCUT2D eigenvalue weighted by Crippen LogP contribution is -2.15. The summed E-state index contributed by atoms with van der Waals surface area (Å²) in [6.45, 7) is 4.73. The molecule has 3 aromatic heterocycles. The highest BCUT2D eigenvalue weighted by molar-refractivity contribution is 7.25. The van der Waals surface area contributed by atoms with Crippen molar-refractivity contribution < 1.29 is 0 Å². The first-order chi connectivity index (χ1) is 32.0. The molecule has 10 aromatic carbocycles. The van der Waals surface area contributed by atoms with Crippen LogP contribution in [0.3, 0.4) is 0 Å². The molecule has 0 spiro atoms. The van der Waals surface area contributed by atoms with E-state index in [1.807, 2.05) is 11.3 Å². The molecule has 3 nitrogen and oxygen atoms in total. The van der Waals surface area contributed by atoms with E-state index in [4.69, 9.17) is 0 Å². The molecule has 13 aromatic rings. The average molecular weight is 848 g/mol. The molecule has 0 unspecified atom stereocenters. The molecule has 0 saturated heterocycles. The topological polar surface area (TPSA) is 14.8 Å². The Morgan fingerprint density at radius 3 is 1.72 bits per heavy atom. The Labute approximate surface area is 379 Å². The van der Waals surface area contributed by atoms with Crippen molar-refractivity contribution in [2.75, 3.05) is 0 Å². The third-order valence-corrected chi connectivity index (χ3v) is 15.4. The summed E-state index contributed by atoms with van der Waals surface area (Å²) in [5.41, 5.74) is 15.6. The first kappa shape index (κ1) is 36.6. The summed E-state index contributed by atoms with van der Waals surface area (Å²) in [6, 6.07) is 79.5. The maximum absolute atomic E-state index is 2.50. The molecule has 3 heterocycles. The molecular formula is C61H41N3S. The number of fused-ring (bicyclic) bond motifs is 14. The van der Waals surface area contributed by atoms with Gasteiger partial charge in [-0.25, -0.2) is 0 Å².